The van der Waals surface area contributed by atoms with Crippen molar-refractivity contribution < 1.29 is 17.9 Å². The third-order valence-corrected chi connectivity index (χ3v) is 3.70. The maximum absolute atomic E-state index is 11.3. The Balaban J connectivity index is 2.19. The summed E-state index contributed by atoms with van der Waals surface area (Å²) in [7, 11) is -3.23. The number of hydrogen-bond acceptors (Lipinski definition) is 5. The smallest absolute Gasteiger partial charge is 0.175 e. The van der Waals surface area contributed by atoms with Crippen LogP contribution in [-0.2, 0) is 14.6 Å². The Morgan fingerprint density at radius 1 is 1.47 bits per heavy atom. The highest BCUT2D eigenvalue weighted by Crippen LogP contribution is 2.27. The quantitative estimate of drug-likeness (QED) is 0.812. The number of nitrogens with two attached hydrogens (primary N) is 1. The Hall–Kier alpha value is -1.27. The van der Waals surface area contributed by atoms with E-state index in [1.807, 2.05) is 0 Å². The van der Waals surface area contributed by atoms with Crippen LogP contribution in [0.15, 0.2) is 23.1 Å². The van der Waals surface area contributed by atoms with Crippen LogP contribution < -0.4 is 10.5 Å². The lowest BCUT2D eigenvalue weighted by Crippen LogP contribution is -2.16. The first-order valence-electron chi connectivity index (χ1n) is 5.31. The molecule has 0 radical (unpaired) electrons. The zero-order valence-corrected chi connectivity index (χ0v) is 10.4. The Bertz CT molecular complexity index is 506. The monoisotopic (exact) mass is 257 g/mol. The fourth-order valence-corrected chi connectivity index (χ4v) is 2.31. The van der Waals surface area contributed by atoms with Crippen molar-refractivity contribution in [2.75, 3.05) is 25.2 Å². The molecular weight excluding hydrogens is 242 g/mol. The number of sulfone groups is 1. The molecule has 1 saturated heterocycles. The van der Waals surface area contributed by atoms with E-state index in [0.717, 1.165) is 12.7 Å². The van der Waals surface area contributed by atoms with Crippen LogP contribution in [0.25, 0.3) is 0 Å². The lowest BCUT2D eigenvalue weighted by molar-refractivity contribution is 0.142. The van der Waals surface area contributed by atoms with E-state index in [1.165, 1.54) is 12.1 Å². The second-order valence-electron chi connectivity index (χ2n) is 4.08. The molecule has 1 aliphatic rings. The lowest BCUT2D eigenvalue weighted by Gasteiger charge is -2.14. The summed E-state index contributed by atoms with van der Waals surface area (Å²) in [5.74, 6) is 0.507. The summed E-state index contributed by atoms with van der Waals surface area (Å²) in [5, 5.41) is 0. The van der Waals surface area contributed by atoms with Crippen LogP contribution in [0.2, 0.25) is 0 Å². The first-order valence-corrected chi connectivity index (χ1v) is 7.20. The van der Waals surface area contributed by atoms with Crippen LogP contribution in [-0.4, -0.2) is 34.0 Å². The molecule has 0 bridgehead atoms. The van der Waals surface area contributed by atoms with Gasteiger partial charge in [0.05, 0.1) is 23.8 Å². The molecule has 0 spiro atoms. The van der Waals surface area contributed by atoms with Crippen molar-refractivity contribution in [1.29, 1.82) is 0 Å². The fraction of sp³-hybridized carbons (Fsp3) is 0.455. The number of benzene rings is 1. The van der Waals surface area contributed by atoms with Crippen LogP contribution in [0.4, 0.5) is 5.69 Å². The van der Waals surface area contributed by atoms with Gasteiger partial charge in [-0.3, -0.25) is 0 Å². The van der Waals surface area contributed by atoms with Crippen molar-refractivity contribution in [3.63, 3.8) is 0 Å². The Morgan fingerprint density at radius 3 is 2.76 bits per heavy atom. The minimum absolute atomic E-state index is 0.00128. The van der Waals surface area contributed by atoms with E-state index >= 15 is 0 Å². The van der Waals surface area contributed by atoms with Gasteiger partial charge in [-0.25, -0.2) is 8.42 Å². The predicted molar refractivity (Wildman–Crippen MR) is 63.8 cm³/mol. The molecule has 0 aromatic heterocycles. The summed E-state index contributed by atoms with van der Waals surface area (Å²) >= 11 is 0. The molecule has 2 rings (SSSR count). The molecule has 94 valence electrons. The topological polar surface area (TPSA) is 78.6 Å². The molecule has 1 atom stereocenters. The second-order valence-corrected chi connectivity index (χ2v) is 6.09. The summed E-state index contributed by atoms with van der Waals surface area (Å²) in [4.78, 5) is 0.199. The van der Waals surface area contributed by atoms with Crippen LogP contribution in [0.1, 0.15) is 6.42 Å². The first kappa shape index (κ1) is 12.2. The second kappa shape index (κ2) is 4.54. The van der Waals surface area contributed by atoms with Gasteiger partial charge in [0, 0.05) is 12.7 Å². The van der Waals surface area contributed by atoms with Crippen molar-refractivity contribution in [1.82, 2.24) is 0 Å². The van der Waals surface area contributed by atoms with Crippen molar-refractivity contribution in [2.24, 2.45) is 0 Å². The zero-order valence-electron chi connectivity index (χ0n) is 9.55. The first-order chi connectivity index (χ1) is 7.97. The molecule has 0 aliphatic carbocycles. The summed E-state index contributed by atoms with van der Waals surface area (Å²) in [6.45, 7) is 1.24. The Kier molecular flexibility index (Phi) is 3.26. The van der Waals surface area contributed by atoms with Gasteiger partial charge in [0.2, 0.25) is 0 Å². The number of nitrogen functional groups attached to an aromatic ring is 1. The van der Waals surface area contributed by atoms with Crippen molar-refractivity contribution >= 4 is 15.5 Å². The lowest BCUT2D eigenvalue weighted by atomic mass is 10.2. The molecular formula is C11H15NO4S. The Morgan fingerprint density at radius 2 is 2.24 bits per heavy atom. The van der Waals surface area contributed by atoms with Crippen molar-refractivity contribution in [3.05, 3.63) is 18.2 Å². The predicted octanol–water partition coefficient (Wildman–Crippen LogP) is 0.840. The van der Waals surface area contributed by atoms with Gasteiger partial charge < -0.3 is 15.2 Å². The summed E-state index contributed by atoms with van der Waals surface area (Å²) in [5.41, 5.74) is 6.10. The molecule has 1 unspecified atom stereocenters. The Labute approximate surface area is 100 Å². The van der Waals surface area contributed by atoms with E-state index in [2.05, 4.69) is 0 Å². The zero-order chi connectivity index (χ0) is 12.5. The van der Waals surface area contributed by atoms with Gasteiger partial charge in [0.15, 0.2) is 9.84 Å². The molecule has 1 heterocycles. The fourth-order valence-electron chi connectivity index (χ4n) is 1.65. The standard InChI is InChI=1S/C11H15NO4S/c1-17(13,14)9-2-3-11(10(12)6-9)16-8-4-5-15-7-8/h2-3,6,8H,4-5,7,12H2,1H3. The molecule has 6 heteroatoms. The summed E-state index contributed by atoms with van der Waals surface area (Å²) in [6.07, 6.45) is 1.97. The van der Waals surface area contributed by atoms with E-state index < -0.39 is 9.84 Å². The van der Waals surface area contributed by atoms with Gasteiger partial charge >= 0.3 is 0 Å². The third kappa shape index (κ3) is 2.89. The average molecular weight is 257 g/mol. The number of ether oxygens (including phenoxy) is 2. The van der Waals surface area contributed by atoms with Gasteiger partial charge in [0.25, 0.3) is 0 Å². The number of hydrogen-bond donors (Lipinski definition) is 1. The van der Waals surface area contributed by atoms with E-state index in [1.54, 1.807) is 6.07 Å². The molecule has 17 heavy (non-hydrogen) atoms. The van der Waals surface area contributed by atoms with E-state index in [0.29, 0.717) is 24.7 Å². The van der Waals surface area contributed by atoms with Gasteiger partial charge in [-0.1, -0.05) is 0 Å². The van der Waals surface area contributed by atoms with Crippen molar-refractivity contribution in [2.45, 2.75) is 17.4 Å². The molecule has 1 fully saturated rings. The average Bonchev–Trinajstić information content (AvgIpc) is 2.72. The van der Waals surface area contributed by atoms with Gasteiger partial charge in [-0.15, -0.1) is 0 Å². The molecule has 1 aromatic carbocycles. The maximum atomic E-state index is 11.3. The molecule has 2 N–H and O–H groups in total. The van der Waals surface area contributed by atoms with Gasteiger partial charge in [0.1, 0.15) is 11.9 Å². The number of rotatable bonds is 3. The summed E-state index contributed by atoms with van der Waals surface area (Å²) < 4.78 is 33.5. The minimum atomic E-state index is -3.23. The minimum Gasteiger partial charge on any atom is -0.486 e. The maximum Gasteiger partial charge on any atom is 0.175 e. The van der Waals surface area contributed by atoms with Gasteiger partial charge in [-0.2, -0.15) is 0 Å². The highest BCUT2D eigenvalue weighted by Gasteiger charge is 2.19. The van der Waals surface area contributed by atoms with E-state index in [-0.39, 0.29) is 11.0 Å². The third-order valence-electron chi connectivity index (χ3n) is 2.59. The largest absolute Gasteiger partial charge is 0.486 e. The van der Waals surface area contributed by atoms with Crippen LogP contribution in [0.5, 0.6) is 5.75 Å². The molecule has 1 aromatic rings. The van der Waals surface area contributed by atoms with Crippen LogP contribution >= 0.6 is 0 Å². The highest BCUT2D eigenvalue weighted by molar-refractivity contribution is 7.90. The summed E-state index contributed by atoms with van der Waals surface area (Å²) in [6, 6.07) is 4.50. The highest BCUT2D eigenvalue weighted by atomic mass is 32.2. The number of anilines is 1. The van der Waals surface area contributed by atoms with Gasteiger partial charge in [-0.05, 0) is 18.2 Å². The molecule has 0 saturated carbocycles. The normalized spacial score (nSPS) is 20.4. The van der Waals surface area contributed by atoms with Crippen LogP contribution in [0, 0.1) is 0 Å². The van der Waals surface area contributed by atoms with E-state index in [9.17, 15) is 8.42 Å². The molecule has 1 aliphatic heterocycles. The van der Waals surface area contributed by atoms with Crippen LogP contribution in [0.3, 0.4) is 0 Å². The SMILES string of the molecule is CS(=O)(=O)c1ccc(OC2CCOC2)c(N)c1. The van der Waals surface area contributed by atoms with E-state index in [4.69, 9.17) is 15.2 Å². The molecule has 0 amide bonds. The van der Waals surface area contributed by atoms with Crippen molar-refractivity contribution in [3.8, 4) is 5.75 Å². The molecule has 5 nitrogen and oxygen atoms in total.